The fourth-order valence-electron chi connectivity index (χ4n) is 2.61. The number of aliphatic imine (C=N–C) groups is 1. The van der Waals surface area contributed by atoms with Gasteiger partial charge in [0.1, 0.15) is 0 Å². The van der Waals surface area contributed by atoms with E-state index in [9.17, 15) is 13.2 Å². The highest BCUT2D eigenvalue weighted by atomic mass is 19.4. The average molecular weight is 299 g/mol. The molecule has 1 saturated carbocycles. The minimum Gasteiger partial charge on any atom is -0.370 e. The van der Waals surface area contributed by atoms with Crippen LogP contribution in [0.2, 0.25) is 0 Å². The van der Waals surface area contributed by atoms with Gasteiger partial charge in [0.05, 0.1) is 12.1 Å². The predicted molar refractivity (Wildman–Crippen MR) is 76.8 cm³/mol. The number of halogens is 3. The molecule has 0 amide bonds. The largest absolute Gasteiger partial charge is 0.416 e. The third-order valence-electron chi connectivity index (χ3n) is 3.70. The number of hydrogen-bond acceptors (Lipinski definition) is 1. The number of guanidine groups is 1. The van der Waals surface area contributed by atoms with Crippen LogP contribution in [0.5, 0.6) is 0 Å². The second kappa shape index (κ2) is 6.83. The summed E-state index contributed by atoms with van der Waals surface area (Å²) in [4.78, 5) is 4.05. The van der Waals surface area contributed by atoms with E-state index in [0.717, 1.165) is 31.7 Å². The van der Waals surface area contributed by atoms with Crippen LogP contribution in [0.15, 0.2) is 29.3 Å². The second-order valence-corrected chi connectivity index (χ2v) is 5.34. The van der Waals surface area contributed by atoms with Crippen molar-refractivity contribution >= 4 is 5.96 Å². The summed E-state index contributed by atoms with van der Waals surface area (Å²) < 4.78 is 38.6. The minimum atomic E-state index is -4.36. The van der Waals surface area contributed by atoms with Crippen molar-refractivity contribution in [3.05, 3.63) is 35.4 Å². The van der Waals surface area contributed by atoms with Gasteiger partial charge in [-0.25, -0.2) is 4.99 Å². The van der Waals surface area contributed by atoms with Gasteiger partial charge in [0.2, 0.25) is 0 Å². The van der Waals surface area contributed by atoms with Crippen molar-refractivity contribution < 1.29 is 13.2 Å². The van der Waals surface area contributed by atoms with E-state index in [0.29, 0.717) is 6.04 Å². The van der Waals surface area contributed by atoms with E-state index in [1.807, 2.05) is 0 Å². The molecule has 116 valence electrons. The number of nitrogens with one attached hydrogen (secondary N) is 1. The normalized spacial score (nSPS) is 17.8. The van der Waals surface area contributed by atoms with Crippen LogP contribution in [0.4, 0.5) is 13.2 Å². The predicted octanol–water partition coefficient (Wildman–Crippen LogP) is 3.44. The van der Waals surface area contributed by atoms with E-state index in [2.05, 4.69) is 10.3 Å². The van der Waals surface area contributed by atoms with Crippen LogP contribution in [0.1, 0.15) is 43.2 Å². The van der Waals surface area contributed by atoms with Crippen molar-refractivity contribution in [2.24, 2.45) is 10.7 Å². The quantitative estimate of drug-likeness (QED) is 0.663. The summed E-state index contributed by atoms with van der Waals surface area (Å²) >= 11 is 0. The van der Waals surface area contributed by atoms with Gasteiger partial charge in [-0.3, -0.25) is 0 Å². The molecule has 0 saturated heterocycles. The van der Waals surface area contributed by atoms with Crippen LogP contribution in [0.25, 0.3) is 0 Å². The Morgan fingerprint density at radius 1 is 1.19 bits per heavy atom. The first-order valence-electron chi connectivity index (χ1n) is 7.18. The van der Waals surface area contributed by atoms with Gasteiger partial charge in [0, 0.05) is 6.04 Å². The molecular weight excluding hydrogens is 279 g/mol. The lowest BCUT2D eigenvalue weighted by molar-refractivity contribution is -0.138. The van der Waals surface area contributed by atoms with Crippen LogP contribution in [-0.4, -0.2) is 12.0 Å². The Bertz CT molecular complexity index is 491. The summed E-state index contributed by atoms with van der Waals surface area (Å²) in [5, 5.41) is 3.09. The van der Waals surface area contributed by atoms with E-state index in [1.54, 1.807) is 6.07 Å². The molecule has 3 N–H and O–H groups in total. The van der Waals surface area contributed by atoms with E-state index >= 15 is 0 Å². The van der Waals surface area contributed by atoms with Crippen LogP contribution in [0.3, 0.4) is 0 Å². The van der Waals surface area contributed by atoms with Crippen molar-refractivity contribution in [3.8, 4) is 0 Å². The summed E-state index contributed by atoms with van der Waals surface area (Å²) in [5.74, 6) is 0.221. The maximum atomic E-state index is 12.9. The first-order valence-corrected chi connectivity index (χ1v) is 7.18. The number of rotatable bonds is 3. The van der Waals surface area contributed by atoms with Gasteiger partial charge in [-0.05, 0) is 24.5 Å². The van der Waals surface area contributed by atoms with E-state index in [-0.39, 0.29) is 18.1 Å². The molecule has 0 atom stereocenters. The highest BCUT2D eigenvalue weighted by Gasteiger charge is 2.32. The summed E-state index contributed by atoms with van der Waals surface area (Å²) in [7, 11) is 0. The van der Waals surface area contributed by atoms with Crippen molar-refractivity contribution in [3.63, 3.8) is 0 Å². The molecule has 1 fully saturated rings. The van der Waals surface area contributed by atoms with Crippen LogP contribution >= 0.6 is 0 Å². The highest BCUT2D eigenvalue weighted by molar-refractivity contribution is 5.78. The fraction of sp³-hybridized carbons (Fsp3) is 0.533. The Labute approximate surface area is 122 Å². The molecule has 1 aliphatic carbocycles. The molecule has 1 aromatic rings. The van der Waals surface area contributed by atoms with Crippen molar-refractivity contribution in [1.82, 2.24) is 5.32 Å². The molecule has 21 heavy (non-hydrogen) atoms. The summed E-state index contributed by atoms with van der Waals surface area (Å²) in [6.45, 7) is -0.0682. The van der Waals surface area contributed by atoms with Crippen LogP contribution in [-0.2, 0) is 12.7 Å². The number of alkyl halides is 3. The first kappa shape index (κ1) is 15.7. The van der Waals surface area contributed by atoms with Crippen molar-refractivity contribution in [2.75, 3.05) is 0 Å². The number of hydrogen-bond donors (Lipinski definition) is 2. The molecule has 0 aromatic heterocycles. The Morgan fingerprint density at radius 2 is 1.86 bits per heavy atom. The SMILES string of the molecule is NC(=NCc1ccccc1C(F)(F)F)NC1CCCCC1. The smallest absolute Gasteiger partial charge is 0.370 e. The summed E-state index contributed by atoms with van der Waals surface area (Å²) in [5.41, 5.74) is 5.25. The average Bonchev–Trinajstić information content (AvgIpc) is 2.45. The molecule has 3 nitrogen and oxygen atoms in total. The Morgan fingerprint density at radius 3 is 2.52 bits per heavy atom. The molecule has 0 radical (unpaired) electrons. The zero-order chi connectivity index (χ0) is 15.3. The van der Waals surface area contributed by atoms with Crippen molar-refractivity contribution in [1.29, 1.82) is 0 Å². The van der Waals surface area contributed by atoms with E-state index in [1.165, 1.54) is 18.6 Å². The van der Waals surface area contributed by atoms with Gasteiger partial charge in [0.15, 0.2) is 5.96 Å². The Hall–Kier alpha value is -1.72. The highest BCUT2D eigenvalue weighted by Crippen LogP contribution is 2.32. The molecule has 0 spiro atoms. The molecule has 1 aliphatic rings. The third-order valence-corrected chi connectivity index (χ3v) is 3.70. The number of benzene rings is 1. The maximum Gasteiger partial charge on any atom is 0.416 e. The maximum absolute atomic E-state index is 12.9. The number of nitrogens with zero attached hydrogens (tertiary/aromatic N) is 1. The third kappa shape index (κ3) is 4.65. The van der Waals surface area contributed by atoms with Crippen molar-refractivity contribution in [2.45, 2.75) is 50.9 Å². The van der Waals surface area contributed by atoms with Gasteiger partial charge in [-0.1, -0.05) is 37.5 Å². The molecule has 0 bridgehead atoms. The zero-order valence-corrected chi connectivity index (χ0v) is 11.8. The molecule has 0 aliphatic heterocycles. The molecule has 0 unspecified atom stereocenters. The second-order valence-electron chi connectivity index (χ2n) is 5.34. The van der Waals surface area contributed by atoms with Gasteiger partial charge in [0.25, 0.3) is 0 Å². The van der Waals surface area contributed by atoms with E-state index in [4.69, 9.17) is 5.73 Å². The molecule has 1 aromatic carbocycles. The first-order chi connectivity index (χ1) is 9.97. The monoisotopic (exact) mass is 299 g/mol. The molecular formula is C15H20F3N3. The van der Waals surface area contributed by atoms with Gasteiger partial charge in [-0.2, -0.15) is 13.2 Å². The van der Waals surface area contributed by atoms with Gasteiger partial charge >= 0.3 is 6.18 Å². The van der Waals surface area contributed by atoms with Crippen LogP contribution < -0.4 is 11.1 Å². The van der Waals surface area contributed by atoms with Gasteiger partial charge in [-0.15, -0.1) is 0 Å². The van der Waals surface area contributed by atoms with Crippen LogP contribution in [0, 0.1) is 0 Å². The zero-order valence-electron chi connectivity index (χ0n) is 11.8. The van der Waals surface area contributed by atoms with Gasteiger partial charge < -0.3 is 11.1 Å². The standard InChI is InChI=1S/C15H20F3N3/c16-15(17,18)13-9-5-4-6-11(13)10-20-14(19)21-12-7-2-1-3-8-12/h4-6,9,12H,1-3,7-8,10H2,(H3,19,20,21). The number of nitrogens with two attached hydrogens (primary N) is 1. The lowest BCUT2D eigenvalue weighted by Crippen LogP contribution is -2.41. The topological polar surface area (TPSA) is 50.4 Å². The lowest BCUT2D eigenvalue weighted by atomic mass is 9.96. The summed E-state index contributed by atoms with van der Waals surface area (Å²) in [6, 6.07) is 5.74. The molecule has 0 heterocycles. The fourth-order valence-corrected chi connectivity index (χ4v) is 2.61. The molecule has 6 heteroatoms. The molecule has 2 rings (SSSR count). The summed E-state index contributed by atoms with van der Waals surface area (Å²) in [6.07, 6.45) is 1.25. The minimum absolute atomic E-state index is 0.0682. The Balaban J connectivity index is 1.99. The lowest BCUT2D eigenvalue weighted by Gasteiger charge is -2.23. The van der Waals surface area contributed by atoms with E-state index < -0.39 is 11.7 Å². The Kier molecular flexibility index (Phi) is 5.09.